The molecule has 222 valence electrons. The van der Waals surface area contributed by atoms with E-state index in [1.807, 2.05) is 60.7 Å². The molecule has 0 saturated carbocycles. The zero-order chi connectivity index (χ0) is 31.3. The molecule has 11 rings (SSSR count). The molecule has 0 N–H and O–H groups in total. The summed E-state index contributed by atoms with van der Waals surface area (Å²) in [7, 11) is 0. The third-order valence-corrected chi connectivity index (χ3v) is 9.74. The molecule has 48 heavy (non-hydrogen) atoms. The number of hydrogen-bond donors (Lipinski definition) is 0. The van der Waals surface area contributed by atoms with Crippen LogP contribution in [0.3, 0.4) is 0 Å². The van der Waals surface area contributed by atoms with Gasteiger partial charge in [-0.2, -0.15) is 0 Å². The van der Waals surface area contributed by atoms with Crippen molar-refractivity contribution >= 4 is 70.8 Å². The molecule has 5 nitrogen and oxygen atoms in total. The van der Waals surface area contributed by atoms with E-state index in [1.165, 1.54) is 32.4 Å². The minimum absolute atomic E-state index is 0.621. The molecule has 4 aromatic heterocycles. The van der Waals surface area contributed by atoms with Crippen molar-refractivity contribution in [3.63, 3.8) is 0 Å². The number of furan rings is 1. The summed E-state index contributed by atoms with van der Waals surface area (Å²) in [6.45, 7) is 0. The Kier molecular flexibility index (Phi) is 5.05. The van der Waals surface area contributed by atoms with Gasteiger partial charge in [0.15, 0.2) is 17.5 Å². The van der Waals surface area contributed by atoms with Crippen molar-refractivity contribution in [2.24, 2.45) is 0 Å². The van der Waals surface area contributed by atoms with Gasteiger partial charge in [0.05, 0.1) is 16.4 Å². The highest BCUT2D eigenvalue weighted by atomic mass is 16.3. The lowest BCUT2D eigenvalue weighted by atomic mass is 9.99. The van der Waals surface area contributed by atoms with Gasteiger partial charge in [0.1, 0.15) is 5.58 Å². The van der Waals surface area contributed by atoms with Gasteiger partial charge < -0.3 is 4.42 Å². The first-order valence-electron chi connectivity index (χ1n) is 16.1. The van der Waals surface area contributed by atoms with Crippen molar-refractivity contribution in [2.75, 3.05) is 0 Å². The molecule has 0 spiro atoms. The quantitative estimate of drug-likeness (QED) is 0.199. The van der Waals surface area contributed by atoms with Gasteiger partial charge in [0.2, 0.25) is 5.71 Å². The maximum atomic E-state index is 6.98. The Hall–Kier alpha value is -6.59. The molecular formula is C43H24N4O. The van der Waals surface area contributed by atoms with Crippen LogP contribution in [0.1, 0.15) is 0 Å². The lowest BCUT2D eigenvalue weighted by Gasteiger charge is -2.09. The van der Waals surface area contributed by atoms with Crippen LogP contribution in [0.15, 0.2) is 150 Å². The lowest BCUT2D eigenvalue weighted by molar-refractivity contribution is 0.655. The normalized spacial score (nSPS) is 12.2. The summed E-state index contributed by atoms with van der Waals surface area (Å²) < 4.78 is 9.30. The average molecular weight is 613 g/mol. The third kappa shape index (κ3) is 3.47. The summed E-state index contributed by atoms with van der Waals surface area (Å²) in [5.74, 6) is 1.90. The van der Waals surface area contributed by atoms with Gasteiger partial charge in [0.25, 0.3) is 0 Å². The Labute approximate surface area is 273 Å². The van der Waals surface area contributed by atoms with Crippen molar-refractivity contribution < 1.29 is 4.42 Å². The largest absolute Gasteiger partial charge is 0.438 e. The first-order chi connectivity index (χ1) is 23.8. The van der Waals surface area contributed by atoms with Crippen molar-refractivity contribution in [1.82, 2.24) is 19.4 Å². The fraction of sp³-hybridized carbons (Fsp3) is 0. The van der Waals surface area contributed by atoms with E-state index in [2.05, 4.69) is 89.3 Å². The third-order valence-electron chi connectivity index (χ3n) is 9.74. The summed E-state index contributed by atoms with van der Waals surface area (Å²) in [4.78, 5) is 14.9. The Morgan fingerprint density at radius 3 is 1.79 bits per heavy atom. The van der Waals surface area contributed by atoms with Gasteiger partial charge in [-0.1, -0.05) is 121 Å². The van der Waals surface area contributed by atoms with Crippen molar-refractivity contribution in [3.8, 4) is 34.2 Å². The molecule has 0 bridgehead atoms. The van der Waals surface area contributed by atoms with E-state index in [4.69, 9.17) is 19.4 Å². The van der Waals surface area contributed by atoms with Crippen LogP contribution < -0.4 is 0 Å². The summed E-state index contributed by atoms with van der Waals surface area (Å²) in [6.07, 6.45) is 0. The summed E-state index contributed by atoms with van der Waals surface area (Å²) in [5, 5.41) is 10.6. The Balaban J connectivity index is 1.20. The van der Waals surface area contributed by atoms with Crippen LogP contribution in [0.25, 0.3) is 105 Å². The second-order valence-corrected chi connectivity index (χ2v) is 12.4. The Morgan fingerprint density at radius 2 is 1.04 bits per heavy atom. The fourth-order valence-corrected chi connectivity index (χ4v) is 7.60. The van der Waals surface area contributed by atoms with Crippen LogP contribution in [0.4, 0.5) is 0 Å². The molecule has 0 amide bonds. The number of aromatic nitrogens is 4. The minimum atomic E-state index is 0.621. The van der Waals surface area contributed by atoms with Crippen LogP contribution in [-0.2, 0) is 0 Å². The van der Waals surface area contributed by atoms with Gasteiger partial charge >= 0.3 is 0 Å². The topological polar surface area (TPSA) is 56.2 Å². The summed E-state index contributed by atoms with van der Waals surface area (Å²) in [6, 6.07) is 50.6. The van der Waals surface area contributed by atoms with Gasteiger partial charge in [-0.15, -0.1) is 0 Å². The smallest absolute Gasteiger partial charge is 0.213 e. The molecule has 0 atom stereocenters. The molecule has 0 unspecified atom stereocenters. The molecule has 0 radical (unpaired) electrons. The van der Waals surface area contributed by atoms with E-state index >= 15 is 0 Å². The highest BCUT2D eigenvalue weighted by molar-refractivity contribution is 6.34. The Morgan fingerprint density at radius 1 is 0.417 bits per heavy atom. The molecule has 0 aliphatic carbocycles. The first-order valence-corrected chi connectivity index (χ1v) is 16.1. The maximum Gasteiger partial charge on any atom is 0.213 e. The second kappa shape index (κ2) is 9.47. The number of para-hydroxylation sites is 1. The predicted molar refractivity (Wildman–Crippen MR) is 196 cm³/mol. The highest BCUT2D eigenvalue weighted by Crippen LogP contribution is 2.47. The maximum absolute atomic E-state index is 6.98. The number of fused-ring (bicyclic) bond motifs is 12. The molecule has 0 fully saturated rings. The highest BCUT2D eigenvalue weighted by Gasteiger charge is 2.24. The molecule has 7 aromatic carbocycles. The fourth-order valence-electron chi connectivity index (χ4n) is 7.60. The van der Waals surface area contributed by atoms with Crippen LogP contribution in [0.2, 0.25) is 0 Å². The molecule has 0 aliphatic heterocycles. The van der Waals surface area contributed by atoms with E-state index < -0.39 is 0 Å². The molecule has 4 heterocycles. The number of hydrogen-bond acceptors (Lipinski definition) is 4. The zero-order valence-electron chi connectivity index (χ0n) is 25.6. The zero-order valence-corrected chi connectivity index (χ0v) is 25.6. The monoisotopic (exact) mass is 612 g/mol. The lowest BCUT2D eigenvalue weighted by Crippen LogP contribution is -2.00. The van der Waals surface area contributed by atoms with E-state index in [1.54, 1.807) is 0 Å². The molecule has 11 aromatic rings. The van der Waals surface area contributed by atoms with Gasteiger partial charge in [0, 0.05) is 43.6 Å². The van der Waals surface area contributed by atoms with Crippen molar-refractivity contribution in [3.05, 3.63) is 146 Å². The predicted octanol–water partition coefficient (Wildman–Crippen LogP) is 11.1. The van der Waals surface area contributed by atoms with Gasteiger partial charge in [-0.05, 0) is 40.4 Å². The van der Waals surface area contributed by atoms with Crippen molar-refractivity contribution in [2.45, 2.75) is 0 Å². The number of benzene rings is 7. The summed E-state index contributed by atoms with van der Waals surface area (Å²) >= 11 is 0. The molecule has 0 aliphatic rings. The molecular weight excluding hydrogens is 589 g/mol. The number of rotatable bonds is 3. The van der Waals surface area contributed by atoms with E-state index in [-0.39, 0.29) is 0 Å². The molecule has 0 saturated heterocycles. The van der Waals surface area contributed by atoms with Gasteiger partial charge in [-0.25, -0.2) is 15.0 Å². The number of nitrogens with zero attached hydrogens (tertiary/aromatic N) is 4. The Bertz CT molecular complexity index is 2990. The van der Waals surface area contributed by atoms with Crippen molar-refractivity contribution in [1.29, 1.82) is 0 Å². The standard InChI is InChI=1S/C43H24N4O/c1-3-11-26(12-4-1)40-44-41(27-13-5-2-6-14-27)46-42(45-40)29-20-19-25-21-22-32-37-34-23-28-15-7-8-16-30(28)36-31-17-9-10-18-35(31)47(38(34)36)43(37)48-39(32)33(25)24-29/h1-24H. The van der Waals surface area contributed by atoms with E-state index in [0.29, 0.717) is 17.5 Å². The molecule has 5 heteroatoms. The minimum Gasteiger partial charge on any atom is -0.438 e. The second-order valence-electron chi connectivity index (χ2n) is 12.4. The van der Waals surface area contributed by atoms with Crippen LogP contribution >= 0.6 is 0 Å². The van der Waals surface area contributed by atoms with E-state index in [0.717, 1.165) is 55.0 Å². The average Bonchev–Trinajstić information content (AvgIpc) is 3.81. The van der Waals surface area contributed by atoms with Crippen LogP contribution in [0, 0.1) is 0 Å². The van der Waals surface area contributed by atoms with Crippen LogP contribution in [0.5, 0.6) is 0 Å². The first kappa shape index (κ1) is 25.6. The van der Waals surface area contributed by atoms with E-state index in [9.17, 15) is 0 Å². The SMILES string of the molecule is c1ccc(-c2nc(-c3ccccc3)nc(-c3ccc4ccc5c(oc6c5c5cc7ccccc7c7c8ccccc8n6c57)c4c3)n2)cc1. The van der Waals surface area contributed by atoms with Crippen LogP contribution in [-0.4, -0.2) is 19.4 Å². The summed E-state index contributed by atoms with van der Waals surface area (Å²) in [5.41, 5.74) is 6.90. The van der Waals surface area contributed by atoms with Gasteiger partial charge in [-0.3, -0.25) is 4.40 Å².